The standard InChI is InChI=1S/C26H27.C17H19NSi.2ClH.Zr/c1-17-9-22-3-2-4-24(25(22)10-17)21-5-7-23(8-6-21)26-14-18-11-19(15-26)13-20(12-18)16-26;1-11-10-14-15(17-12(2)16(14)19(17,3)4)18(11)13-8-6-5-7-9-13;;;/h2-10,18-20H,11-16H2,1H3;5-10,16H,1-4H3;2*1H;/q;;;;+2/p-2. The third kappa shape index (κ3) is 5.07. The number of aryl methyl sites for hydroxylation is 1. The normalized spacial score (nSPS) is 29.1. The van der Waals surface area contributed by atoms with Crippen LogP contribution >= 0.6 is 0 Å². The molecule has 4 fully saturated rings. The second-order valence-corrected chi connectivity index (χ2v) is 22.3. The zero-order valence-electron chi connectivity index (χ0n) is 28.9. The molecule has 0 saturated heterocycles. The second kappa shape index (κ2) is 12.4. The van der Waals surface area contributed by atoms with Gasteiger partial charge in [0.1, 0.15) is 0 Å². The average Bonchev–Trinajstić information content (AvgIpc) is 3.69. The van der Waals surface area contributed by atoms with Crippen LogP contribution < -0.4 is 24.8 Å². The Morgan fingerprint density at radius 2 is 1.38 bits per heavy atom. The van der Waals surface area contributed by atoms with Gasteiger partial charge >= 0.3 is 179 Å². The van der Waals surface area contributed by atoms with E-state index < -0.39 is 8.07 Å². The van der Waals surface area contributed by atoms with E-state index in [1.54, 1.807) is 46.6 Å². The minimum atomic E-state index is -1.19. The van der Waals surface area contributed by atoms with Gasteiger partial charge in [0.05, 0.1) is 8.07 Å². The molecule has 2 aliphatic heterocycles. The Kier molecular flexibility index (Phi) is 8.92. The SMILES string of the molecule is CC1=C2c3c(cc(C)n3-c3ccccc3)C1[Si]2(C)C.CC1=Cc2c(-c3ccc(C45CC6CC(CC(C6)C4)C5)cc3)cccc2[CH]1[Zr+2].[Cl-].[Cl-]. The molecule has 2 atom stereocenters. The molecule has 4 aromatic rings. The van der Waals surface area contributed by atoms with Crippen molar-refractivity contribution in [2.75, 3.05) is 0 Å². The summed E-state index contributed by atoms with van der Waals surface area (Å²) in [5, 5.41) is 1.71. The van der Waals surface area contributed by atoms with E-state index in [2.05, 4.69) is 123 Å². The summed E-state index contributed by atoms with van der Waals surface area (Å²) in [5.41, 5.74) is 17.7. The summed E-state index contributed by atoms with van der Waals surface area (Å²) in [7, 11) is -1.19. The zero-order valence-corrected chi connectivity index (χ0v) is 33.9. The number of rotatable bonds is 3. The molecule has 3 aromatic carbocycles. The zero-order chi connectivity index (χ0) is 31.5. The van der Waals surface area contributed by atoms with Crippen LogP contribution in [0.1, 0.15) is 95.2 Å². The summed E-state index contributed by atoms with van der Waals surface area (Å²) in [6.07, 6.45) is 11.4. The summed E-state index contributed by atoms with van der Waals surface area (Å²) in [4.78, 5) is 0. The van der Waals surface area contributed by atoms with Crippen LogP contribution in [0, 0.1) is 24.7 Å². The number of allylic oxidation sites excluding steroid dienone is 2. The monoisotopic (exact) mass is 764 g/mol. The first-order valence-corrected chi connectivity index (χ1v) is 22.3. The summed E-state index contributed by atoms with van der Waals surface area (Å²) in [6, 6.07) is 29.9. The van der Waals surface area contributed by atoms with Gasteiger partial charge < -0.3 is 29.4 Å². The Balaban J connectivity index is 0.000000154. The Labute approximate surface area is 316 Å². The molecule has 12 rings (SSSR count). The van der Waals surface area contributed by atoms with Crippen LogP contribution in [0.3, 0.4) is 0 Å². The summed E-state index contributed by atoms with van der Waals surface area (Å²) >= 11 is 1.61. The maximum absolute atomic E-state index is 2.52. The van der Waals surface area contributed by atoms with E-state index in [1.165, 1.54) is 83.4 Å². The molecule has 6 bridgehead atoms. The number of hydrogen-bond acceptors (Lipinski definition) is 0. The van der Waals surface area contributed by atoms with Crippen LogP contribution in [0.4, 0.5) is 0 Å². The van der Waals surface area contributed by atoms with Gasteiger partial charge in [-0.15, -0.1) is 0 Å². The van der Waals surface area contributed by atoms with Crippen molar-refractivity contribution in [3.8, 4) is 16.8 Å². The first kappa shape index (κ1) is 34.5. The molecule has 1 aromatic heterocycles. The molecule has 0 N–H and O–H groups in total. The van der Waals surface area contributed by atoms with Crippen molar-refractivity contribution in [2.24, 2.45) is 17.8 Å². The predicted molar refractivity (Wildman–Crippen MR) is 191 cm³/mol. The van der Waals surface area contributed by atoms with Crippen LogP contribution in [0.15, 0.2) is 90.0 Å². The Bertz CT molecular complexity index is 1920. The molecule has 2 unspecified atom stereocenters. The van der Waals surface area contributed by atoms with Gasteiger partial charge in [0.2, 0.25) is 0 Å². The largest absolute Gasteiger partial charge is 1.00 e. The van der Waals surface area contributed by atoms with Crippen molar-refractivity contribution in [3.05, 3.63) is 124 Å². The summed E-state index contributed by atoms with van der Waals surface area (Å²) in [5.74, 6) is 3.06. The molecule has 245 valence electrons. The first-order valence-electron chi connectivity index (χ1n) is 17.8. The van der Waals surface area contributed by atoms with Crippen molar-refractivity contribution in [3.63, 3.8) is 0 Å². The number of para-hydroxylation sites is 1. The smallest absolute Gasteiger partial charge is 1.00 e. The minimum Gasteiger partial charge on any atom is -1.00 e. The van der Waals surface area contributed by atoms with E-state index in [9.17, 15) is 0 Å². The summed E-state index contributed by atoms with van der Waals surface area (Å²) < 4.78 is 3.12. The maximum Gasteiger partial charge on any atom is -1.00 e. The number of hydrogen-bond donors (Lipinski definition) is 0. The van der Waals surface area contributed by atoms with Crippen molar-refractivity contribution < 1.29 is 49.5 Å². The number of aromatic nitrogens is 1. The van der Waals surface area contributed by atoms with Gasteiger partial charge in [-0.1, -0.05) is 36.9 Å². The Hall–Kier alpha value is -1.90. The van der Waals surface area contributed by atoms with Crippen LogP contribution in [-0.4, -0.2) is 12.6 Å². The van der Waals surface area contributed by atoms with Gasteiger partial charge in [-0.05, 0) is 42.8 Å². The second-order valence-electron chi connectivity index (χ2n) is 16.4. The molecule has 6 aliphatic carbocycles. The predicted octanol–water partition coefficient (Wildman–Crippen LogP) is 5.29. The molecule has 0 amide bonds. The Morgan fingerprint density at radius 1 is 0.750 bits per heavy atom. The van der Waals surface area contributed by atoms with Gasteiger partial charge in [0.15, 0.2) is 0 Å². The van der Waals surface area contributed by atoms with Crippen LogP contribution in [0.5, 0.6) is 0 Å². The Morgan fingerprint density at radius 3 is 1.98 bits per heavy atom. The van der Waals surface area contributed by atoms with E-state index in [4.69, 9.17) is 0 Å². The third-order valence-electron chi connectivity index (χ3n) is 13.1. The van der Waals surface area contributed by atoms with Gasteiger partial charge in [0.25, 0.3) is 0 Å². The third-order valence-corrected chi connectivity index (χ3v) is 19.1. The number of benzene rings is 3. The van der Waals surface area contributed by atoms with Crippen LogP contribution in [0.2, 0.25) is 13.1 Å². The molecule has 0 spiro atoms. The van der Waals surface area contributed by atoms with Gasteiger partial charge in [-0.3, -0.25) is 0 Å². The fourth-order valence-electron chi connectivity index (χ4n) is 11.7. The van der Waals surface area contributed by atoms with Gasteiger partial charge in [-0.2, -0.15) is 0 Å². The maximum atomic E-state index is 2.52. The molecule has 0 radical (unpaired) electrons. The molecule has 4 saturated carbocycles. The topological polar surface area (TPSA) is 4.93 Å². The van der Waals surface area contributed by atoms with Crippen molar-refractivity contribution >= 4 is 19.3 Å². The van der Waals surface area contributed by atoms with Gasteiger partial charge in [-0.25, -0.2) is 0 Å². The van der Waals surface area contributed by atoms with Crippen molar-refractivity contribution in [2.45, 2.75) is 87.0 Å². The van der Waals surface area contributed by atoms with Crippen molar-refractivity contribution in [1.29, 1.82) is 0 Å². The van der Waals surface area contributed by atoms with Crippen LogP contribution in [0.25, 0.3) is 28.1 Å². The minimum absolute atomic E-state index is 0. The fourth-order valence-corrected chi connectivity index (χ4v) is 16.8. The molecule has 3 heterocycles. The average molecular weight is 767 g/mol. The van der Waals surface area contributed by atoms with E-state index in [0.717, 1.165) is 23.3 Å². The number of fused-ring (bicyclic) bond motifs is 1. The van der Waals surface area contributed by atoms with Crippen LogP contribution in [-0.2, 0) is 30.1 Å². The number of halogens is 2. The summed E-state index contributed by atoms with van der Waals surface area (Å²) in [6.45, 7) is 11.9. The molecular weight excluding hydrogens is 721 g/mol. The molecule has 1 nitrogen and oxygen atoms in total. The van der Waals surface area contributed by atoms with E-state index in [1.807, 2.05) is 0 Å². The van der Waals surface area contributed by atoms with E-state index >= 15 is 0 Å². The van der Waals surface area contributed by atoms with Gasteiger partial charge in [0, 0.05) is 22.6 Å². The van der Waals surface area contributed by atoms with Crippen molar-refractivity contribution in [1.82, 2.24) is 4.57 Å². The van der Waals surface area contributed by atoms with E-state index in [-0.39, 0.29) is 24.8 Å². The molecule has 8 aliphatic rings. The molecule has 5 heteroatoms. The molecular formula is C43H46Cl2NSiZr. The molecule has 48 heavy (non-hydrogen) atoms. The quantitative estimate of drug-likeness (QED) is 0.250. The fraction of sp³-hybridized carbons (Fsp3) is 0.395. The number of nitrogens with zero attached hydrogens (tertiary/aromatic N) is 1. The first-order chi connectivity index (χ1) is 22.1. The van der Waals surface area contributed by atoms with E-state index in [0.29, 0.717) is 9.04 Å².